The van der Waals surface area contributed by atoms with E-state index >= 15 is 0 Å². The van der Waals surface area contributed by atoms with Crippen molar-refractivity contribution in [1.82, 2.24) is 0 Å². The first-order valence-corrected chi connectivity index (χ1v) is 7.00. The highest BCUT2D eigenvalue weighted by atomic mass is 19.4. The fraction of sp³-hybridized carbons (Fsp3) is 0.600. The molecule has 1 aromatic carbocycles. The first kappa shape index (κ1) is 16.8. The molecule has 20 heavy (non-hydrogen) atoms. The summed E-state index contributed by atoms with van der Waals surface area (Å²) in [6, 6.07) is 4.39. The number of benzene rings is 1. The van der Waals surface area contributed by atoms with E-state index in [9.17, 15) is 13.2 Å². The van der Waals surface area contributed by atoms with Gasteiger partial charge >= 0.3 is 6.18 Å². The molecule has 0 radical (unpaired) electrons. The van der Waals surface area contributed by atoms with Crippen molar-refractivity contribution in [2.75, 3.05) is 18.0 Å². The summed E-state index contributed by atoms with van der Waals surface area (Å²) in [7, 11) is 0. The van der Waals surface area contributed by atoms with E-state index in [0.717, 1.165) is 6.42 Å². The van der Waals surface area contributed by atoms with Crippen molar-refractivity contribution < 1.29 is 13.2 Å². The van der Waals surface area contributed by atoms with E-state index in [1.54, 1.807) is 24.0 Å². The van der Waals surface area contributed by atoms with Crippen LogP contribution in [0.4, 0.5) is 18.9 Å². The molecule has 0 saturated carbocycles. The van der Waals surface area contributed by atoms with E-state index in [1.165, 1.54) is 6.07 Å². The summed E-state index contributed by atoms with van der Waals surface area (Å²) >= 11 is 0. The maximum absolute atomic E-state index is 13.2. The van der Waals surface area contributed by atoms with Crippen LogP contribution in [0.1, 0.15) is 38.3 Å². The Bertz CT molecular complexity index is 428. The Kier molecular flexibility index (Phi) is 5.87. The molecule has 5 heteroatoms. The van der Waals surface area contributed by atoms with Crippen LogP contribution in [0.15, 0.2) is 18.2 Å². The number of hydrogen-bond acceptors (Lipinski definition) is 2. The van der Waals surface area contributed by atoms with Gasteiger partial charge < -0.3 is 10.6 Å². The van der Waals surface area contributed by atoms with Crippen molar-refractivity contribution in [2.24, 2.45) is 5.73 Å². The van der Waals surface area contributed by atoms with E-state index in [2.05, 4.69) is 0 Å². The maximum Gasteiger partial charge on any atom is 0.418 e. The molecule has 0 heterocycles. The molecule has 0 aliphatic carbocycles. The zero-order valence-electron chi connectivity index (χ0n) is 12.3. The van der Waals surface area contributed by atoms with Crippen LogP contribution in [0.3, 0.4) is 0 Å². The van der Waals surface area contributed by atoms with Gasteiger partial charge in [0.1, 0.15) is 0 Å². The Morgan fingerprint density at radius 1 is 1.25 bits per heavy atom. The van der Waals surface area contributed by atoms with E-state index in [4.69, 9.17) is 5.73 Å². The van der Waals surface area contributed by atoms with Gasteiger partial charge in [0.15, 0.2) is 0 Å². The average molecular weight is 288 g/mol. The molecule has 0 aromatic heterocycles. The standard InChI is InChI=1S/C15H23F3N2/c1-4-8-20(5-2)14-7-6-12(9-11(3)19)10-13(14)15(16,17)18/h6-7,10-11H,4-5,8-9,19H2,1-3H3. The molecule has 2 nitrogen and oxygen atoms in total. The minimum absolute atomic E-state index is 0.153. The zero-order valence-corrected chi connectivity index (χ0v) is 12.3. The molecule has 0 aliphatic heterocycles. The summed E-state index contributed by atoms with van der Waals surface area (Å²) < 4.78 is 39.7. The van der Waals surface area contributed by atoms with Gasteiger partial charge in [-0.3, -0.25) is 0 Å². The van der Waals surface area contributed by atoms with Crippen LogP contribution in [0, 0.1) is 0 Å². The van der Waals surface area contributed by atoms with Gasteiger partial charge in [-0.15, -0.1) is 0 Å². The lowest BCUT2D eigenvalue weighted by Crippen LogP contribution is -2.27. The number of nitrogens with zero attached hydrogens (tertiary/aromatic N) is 1. The first-order chi connectivity index (χ1) is 9.29. The van der Waals surface area contributed by atoms with Gasteiger partial charge in [0.05, 0.1) is 5.56 Å². The summed E-state index contributed by atoms with van der Waals surface area (Å²) in [5.74, 6) is 0. The second-order valence-electron chi connectivity index (χ2n) is 5.11. The molecule has 2 N–H and O–H groups in total. The third kappa shape index (κ3) is 4.40. The van der Waals surface area contributed by atoms with Crippen molar-refractivity contribution in [3.05, 3.63) is 29.3 Å². The van der Waals surface area contributed by atoms with Gasteiger partial charge in [0, 0.05) is 24.8 Å². The van der Waals surface area contributed by atoms with Crippen LogP contribution in [0.25, 0.3) is 0 Å². The molecular weight excluding hydrogens is 265 g/mol. The SMILES string of the molecule is CCCN(CC)c1ccc(CC(C)N)cc1C(F)(F)F. The van der Waals surface area contributed by atoms with E-state index in [1.807, 2.05) is 13.8 Å². The van der Waals surface area contributed by atoms with Crippen LogP contribution >= 0.6 is 0 Å². The first-order valence-electron chi connectivity index (χ1n) is 7.00. The number of nitrogens with two attached hydrogens (primary N) is 1. The van der Waals surface area contributed by atoms with Crippen LogP contribution in [0.2, 0.25) is 0 Å². The Morgan fingerprint density at radius 2 is 1.90 bits per heavy atom. The quantitative estimate of drug-likeness (QED) is 0.862. The van der Waals surface area contributed by atoms with Crippen LogP contribution < -0.4 is 10.6 Å². The summed E-state index contributed by atoms with van der Waals surface area (Å²) in [5, 5.41) is 0. The van der Waals surface area contributed by atoms with Crippen molar-refractivity contribution in [2.45, 2.75) is 45.8 Å². The molecule has 1 unspecified atom stereocenters. The van der Waals surface area contributed by atoms with Gasteiger partial charge in [-0.25, -0.2) is 0 Å². The molecule has 1 atom stereocenters. The third-order valence-electron chi connectivity index (χ3n) is 3.14. The van der Waals surface area contributed by atoms with Crippen molar-refractivity contribution >= 4 is 5.69 Å². The highest BCUT2D eigenvalue weighted by molar-refractivity contribution is 5.56. The van der Waals surface area contributed by atoms with Gasteiger partial charge in [-0.1, -0.05) is 13.0 Å². The fourth-order valence-corrected chi connectivity index (χ4v) is 2.30. The molecule has 114 valence electrons. The van der Waals surface area contributed by atoms with Gasteiger partial charge in [0.25, 0.3) is 0 Å². The number of halogens is 3. The largest absolute Gasteiger partial charge is 0.418 e. The van der Waals surface area contributed by atoms with E-state index in [0.29, 0.717) is 25.1 Å². The molecule has 0 spiro atoms. The van der Waals surface area contributed by atoms with Crippen molar-refractivity contribution in [3.8, 4) is 0 Å². The molecule has 1 aromatic rings. The Morgan fingerprint density at radius 3 is 2.35 bits per heavy atom. The highest BCUT2D eigenvalue weighted by Gasteiger charge is 2.34. The Labute approximate surface area is 118 Å². The van der Waals surface area contributed by atoms with Crippen LogP contribution in [-0.4, -0.2) is 19.1 Å². The molecular formula is C15H23F3N2. The minimum atomic E-state index is -4.34. The summed E-state index contributed by atoms with van der Waals surface area (Å²) in [5.41, 5.74) is 5.99. The monoisotopic (exact) mass is 288 g/mol. The van der Waals surface area contributed by atoms with Crippen LogP contribution in [-0.2, 0) is 12.6 Å². The topological polar surface area (TPSA) is 29.3 Å². The summed E-state index contributed by atoms with van der Waals surface area (Å²) in [6.07, 6.45) is -3.08. The molecule has 0 fully saturated rings. The fourth-order valence-electron chi connectivity index (χ4n) is 2.30. The molecule has 1 rings (SSSR count). The second kappa shape index (κ2) is 6.97. The third-order valence-corrected chi connectivity index (χ3v) is 3.14. The number of alkyl halides is 3. The smallest absolute Gasteiger partial charge is 0.371 e. The maximum atomic E-state index is 13.2. The van der Waals surface area contributed by atoms with Crippen LogP contribution in [0.5, 0.6) is 0 Å². The second-order valence-corrected chi connectivity index (χ2v) is 5.11. The lowest BCUT2D eigenvalue weighted by molar-refractivity contribution is -0.137. The lowest BCUT2D eigenvalue weighted by atomic mass is 10.0. The normalized spacial score (nSPS) is 13.3. The highest BCUT2D eigenvalue weighted by Crippen LogP contribution is 2.37. The number of anilines is 1. The summed E-state index contributed by atoms with van der Waals surface area (Å²) in [4.78, 5) is 1.76. The number of hydrogen-bond donors (Lipinski definition) is 1. The summed E-state index contributed by atoms with van der Waals surface area (Å²) in [6.45, 7) is 6.79. The predicted molar refractivity (Wildman–Crippen MR) is 77.0 cm³/mol. The predicted octanol–water partition coefficient (Wildman–Crippen LogP) is 3.83. The molecule has 0 aliphatic rings. The minimum Gasteiger partial charge on any atom is -0.371 e. The number of rotatable bonds is 6. The van der Waals surface area contributed by atoms with Gasteiger partial charge in [0.2, 0.25) is 0 Å². The molecule has 0 bridgehead atoms. The van der Waals surface area contributed by atoms with E-state index in [-0.39, 0.29) is 11.7 Å². The Balaban J connectivity index is 3.22. The van der Waals surface area contributed by atoms with Gasteiger partial charge in [-0.05, 0) is 44.4 Å². The molecule has 0 amide bonds. The van der Waals surface area contributed by atoms with Crippen molar-refractivity contribution in [1.29, 1.82) is 0 Å². The van der Waals surface area contributed by atoms with Gasteiger partial charge in [-0.2, -0.15) is 13.2 Å². The average Bonchev–Trinajstić information content (AvgIpc) is 2.34. The lowest BCUT2D eigenvalue weighted by Gasteiger charge is -2.26. The van der Waals surface area contributed by atoms with E-state index < -0.39 is 11.7 Å². The molecule has 0 saturated heterocycles. The Hall–Kier alpha value is -1.23. The van der Waals surface area contributed by atoms with Crippen molar-refractivity contribution in [3.63, 3.8) is 0 Å². The zero-order chi connectivity index (χ0) is 15.3.